The molecule has 0 saturated carbocycles. The Bertz CT molecular complexity index is 328. The molecule has 1 aromatic rings. The average molecular weight is 234 g/mol. The Balaban J connectivity index is 2.17. The predicted molar refractivity (Wildman–Crippen MR) is 69.8 cm³/mol. The topological polar surface area (TPSA) is 38.5 Å². The first-order valence-corrected chi connectivity index (χ1v) is 6.36. The van der Waals surface area contributed by atoms with Crippen LogP contribution in [0, 0.1) is 0 Å². The lowest BCUT2D eigenvalue weighted by molar-refractivity contribution is 0.0834. The van der Waals surface area contributed by atoms with E-state index in [1.165, 1.54) is 18.4 Å². The van der Waals surface area contributed by atoms with Gasteiger partial charge in [0, 0.05) is 19.7 Å². The van der Waals surface area contributed by atoms with Crippen LogP contribution in [0.25, 0.3) is 0 Å². The molecule has 3 nitrogen and oxygen atoms in total. The van der Waals surface area contributed by atoms with E-state index in [-0.39, 0.29) is 0 Å². The zero-order valence-corrected chi connectivity index (χ0v) is 10.5. The van der Waals surface area contributed by atoms with E-state index in [2.05, 4.69) is 35.2 Å². The maximum absolute atomic E-state index is 5.85. The van der Waals surface area contributed by atoms with E-state index in [0.29, 0.717) is 12.1 Å². The standard InChI is InChI=1S/C14H22N2O/c1-17-11-14(12-6-3-2-4-7-12)16-9-5-8-13(16)10-15/h2-4,6-7,13-14H,5,8-11,15H2,1H3. The third-order valence-electron chi connectivity index (χ3n) is 3.60. The highest BCUT2D eigenvalue weighted by Gasteiger charge is 2.30. The molecule has 1 aliphatic heterocycles. The Kier molecular flexibility index (Phi) is 4.54. The number of nitrogens with zero attached hydrogens (tertiary/aromatic N) is 1. The second kappa shape index (κ2) is 6.15. The van der Waals surface area contributed by atoms with Crippen molar-refractivity contribution in [1.29, 1.82) is 0 Å². The SMILES string of the molecule is COCC(c1ccccc1)N1CCCC1CN. The molecule has 1 heterocycles. The van der Waals surface area contributed by atoms with E-state index in [4.69, 9.17) is 10.5 Å². The molecule has 2 rings (SSSR count). The summed E-state index contributed by atoms with van der Waals surface area (Å²) >= 11 is 0. The third kappa shape index (κ3) is 2.86. The molecule has 0 aliphatic carbocycles. The summed E-state index contributed by atoms with van der Waals surface area (Å²) in [5.74, 6) is 0. The first kappa shape index (κ1) is 12.6. The lowest BCUT2D eigenvalue weighted by Crippen LogP contribution is -2.39. The van der Waals surface area contributed by atoms with Gasteiger partial charge in [-0.05, 0) is 24.9 Å². The molecule has 0 spiro atoms. The summed E-state index contributed by atoms with van der Waals surface area (Å²) < 4.78 is 5.38. The van der Waals surface area contributed by atoms with Crippen molar-refractivity contribution in [3.05, 3.63) is 35.9 Å². The summed E-state index contributed by atoms with van der Waals surface area (Å²) in [7, 11) is 1.77. The van der Waals surface area contributed by atoms with Crippen LogP contribution in [0.5, 0.6) is 0 Å². The summed E-state index contributed by atoms with van der Waals surface area (Å²) in [6.07, 6.45) is 2.46. The van der Waals surface area contributed by atoms with Crippen LogP contribution in [-0.4, -0.2) is 37.7 Å². The van der Waals surface area contributed by atoms with Gasteiger partial charge in [-0.15, -0.1) is 0 Å². The molecule has 1 saturated heterocycles. The molecule has 2 N–H and O–H groups in total. The van der Waals surface area contributed by atoms with Gasteiger partial charge < -0.3 is 10.5 Å². The second-order valence-electron chi connectivity index (χ2n) is 4.65. The molecule has 2 atom stereocenters. The minimum absolute atomic E-state index is 0.345. The maximum atomic E-state index is 5.85. The fourth-order valence-electron chi connectivity index (χ4n) is 2.74. The van der Waals surface area contributed by atoms with Gasteiger partial charge in [0.1, 0.15) is 0 Å². The highest BCUT2D eigenvalue weighted by Crippen LogP contribution is 2.29. The molecule has 17 heavy (non-hydrogen) atoms. The Hall–Kier alpha value is -0.900. The first-order valence-electron chi connectivity index (χ1n) is 6.36. The molecule has 1 aromatic carbocycles. The van der Waals surface area contributed by atoms with E-state index in [1.807, 2.05) is 0 Å². The van der Waals surface area contributed by atoms with Crippen molar-refractivity contribution in [3.63, 3.8) is 0 Å². The summed E-state index contributed by atoms with van der Waals surface area (Å²) in [5, 5.41) is 0. The van der Waals surface area contributed by atoms with Gasteiger partial charge in [0.15, 0.2) is 0 Å². The van der Waals surface area contributed by atoms with Gasteiger partial charge in [0.25, 0.3) is 0 Å². The number of benzene rings is 1. The van der Waals surface area contributed by atoms with Crippen molar-refractivity contribution >= 4 is 0 Å². The van der Waals surface area contributed by atoms with Crippen molar-refractivity contribution in [3.8, 4) is 0 Å². The smallest absolute Gasteiger partial charge is 0.0659 e. The highest BCUT2D eigenvalue weighted by molar-refractivity contribution is 5.19. The molecule has 0 radical (unpaired) electrons. The van der Waals surface area contributed by atoms with Gasteiger partial charge in [-0.1, -0.05) is 30.3 Å². The predicted octanol–water partition coefficient (Wildman–Crippen LogP) is 1.80. The molecule has 0 aromatic heterocycles. The van der Waals surface area contributed by atoms with Crippen LogP contribution in [0.1, 0.15) is 24.4 Å². The summed E-state index contributed by atoms with van der Waals surface area (Å²) in [4.78, 5) is 2.50. The molecule has 94 valence electrons. The number of methoxy groups -OCH3 is 1. The van der Waals surface area contributed by atoms with Crippen LogP contribution in [0.4, 0.5) is 0 Å². The van der Waals surface area contributed by atoms with E-state index >= 15 is 0 Å². The van der Waals surface area contributed by atoms with Gasteiger partial charge in [-0.2, -0.15) is 0 Å². The molecule has 0 amide bonds. The third-order valence-corrected chi connectivity index (χ3v) is 3.60. The van der Waals surface area contributed by atoms with E-state index in [0.717, 1.165) is 19.7 Å². The lowest BCUT2D eigenvalue weighted by atomic mass is 10.0. The van der Waals surface area contributed by atoms with Crippen molar-refractivity contribution in [1.82, 2.24) is 4.90 Å². The van der Waals surface area contributed by atoms with Crippen LogP contribution < -0.4 is 5.73 Å². The Morgan fingerprint density at radius 2 is 2.18 bits per heavy atom. The molecule has 2 unspecified atom stereocenters. The number of rotatable bonds is 5. The summed E-state index contributed by atoms with van der Waals surface area (Å²) in [6, 6.07) is 11.4. The van der Waals surface area contributed by atoms with E-state index in [9.17, 15) is 0 Å². The Labute approximate surface area is 104 Å². The summed E-state index contributed by atoms with van der Waals surface area (Å²) in [6.45, 7) is 2.61. The second-order valence-corrected chi connectivity index (χ2v) is 4.65. The number of ether oxygens (including phenoxy) is 1. The van der Waals surface area contributed by atoms with Gasteiger partial charge in [-0.3, -0.25) is 4.90 Å². The highest BCUT2D eigenvalue weighted by atomic mass is 16.5. The van der Waals surface area contributed by atoms with Gasteiger partial charge in [0.05, 0.1) is 12.6 Å². The Morgan fingerprint density at radius 1 is 1.41 bits per heavy atom. The van der Waals surface area contributed by atoms with Crippen molar-refractivity contribution < 1.29 is 4.74 Å². The van der Waals surface area contributed by atoms with Crippen LogP contribution in [0.2, 0.25) is 0 Å². The van der Waals surface area contributed by atoms with Gasteiger partial charge in [0.2, 0.25) is 0 Å². The van der Waals surface area contributed by atoms with Gasteiger partial charge >= 0.3 is 0 Å². The maximum Gasteiger partial charge on any atom is 0.0659 e. The molecular weight excluding hydrogens is 212 g/mol. The number of hydrogen-bond donors (Lipinski definition) is 1. The fraction of sp³-hybridized carbons (Fsp3) is 0.571. The largest absolute Gasteiger partial charge is 0.383 e. The van der Waals surface area contributed by atoms with E-state index < -0.39 is 0 Å². The van der Waals surface area contributed by atoms with Crippen LogP contribution in [0.15, 0.2) is 30.3 Å². The van der Waals surface area contributed by atoms with Crippen LogP contribution >= 0.6 is 0 Å². The zero-order valence-electron chi connectivity index (χ0n) is 10.5. The minimum Gasteiger partial charge on any atom is -0.383 e. The minimum atomic E-state index is 0.345. The number of nitrogens with two attached hydrogens (primary N) is 1. The van der Waals surface area contributed by atoms with Crippen LogP contribution in [0.3, 0.4) is 0 Å². The van der Waals surface area contributed by atoms with Gasteiger partial charge in [-0.25, -0.2) is 0 Å². The first-order chi connectivity index (χ1) is 8.36. The van der Waals surface area contributed by atoms with Crippen molar-refractivity contribution in [2.24, 2.45) is 5.73 Å². The molecule has 3 heteroatoms. The monoisotopic (exact) mass is 234 g/mol. The lowest BCUT2D eigenvalue weighted by Gasteiger charge is -2.32. The summed E-state index contributed by atoms with van der Waals surface area (Å²) in [5.41, 5.74) is 7.18. The molecule has 0 bridgehead atoms. The number of likely N-dealkylation sites (tertiary alicyclic amines) is 1. The fourth-order valence-corrected chi connectivity index (χ4v) is 2.74. The quantitative estimate of drug-likeness (QED) is 0.844. The molecule has 1 fully saturated rings. The zero-order chi connectivity index (χ0) is 12.1. The number of hydrogen-bond acceptors (Lipinski definition) is 3. The normalized spacial score (nSPS) is 22.8. The van der Waals surface area contributed by atoms with E-state index in [1.54, 1.807) is 7.11 Å². The molecule has 1 aliphatic rings. The average Bonchev–Trinajstić information content (AvgIpc) is 2.85. The van der Waals surface area contributed by atoms with Crippen LogP contribution in [-0.2, 0) is 4.74 Å². The van der Waals surface area contributed by atoms with Crippen molar-refractivity contribution in [2.75, 3.05) is 26.8 Å². The molecular formula is C14H22N2O. The Morgan fingerprint density at radius 3 is 2.82 bits per heavy atom. The van der Waals surface area contributed by atoms with Crippen molar-refractivity contribution in [2.45, 2.75) is 24.9 Å².